The molecule has 1 aliphatic rings. The van der Waals surface area contributed by atoms with Crippen molar-refractivity contribution < 1.29 is 26.7 Å². The summed E-state index contributed by atoms with van der Waals surface area (Å²) in [5.41, 5.74) is 3.67. The Morgan fingerprint density at radius 3 is 2.52 bits per heavy atom. The standard InChI is InChI=1S/C16H22F2N2O4S/c1-4-16(17,18)15(2,3)10-25(22,23)20-9-13(14(19)21)24-12-8-6-5-7-11(12)20/h5-8,13H,4,9-10H2,1-3H3,(H2,19,21). The fraction of sp³-hybridized carbons (Fsp3) is 0.562. The molecule has 2 rings (SSSR count). The van der Waals surface area contributed by atoms with Crippen LogP contribution in [0.2, 0.25) is 0 Å². The van der Waals surface area contributed by atoms with Gasteiger partial charge >= 0.3 is 0 Å². The zero-order valence-corrected chi connectivity index (χ0v) is 15.1. The molecule has 1 atom stereocenters. The van der Waals surface area contributed by atoms with E-state index in [9.17, 15) is 22.0 Å². The van der Waals surface area contributed by atoms with Gasteiger partial charge in [-0.25, -0.2) is 17.2 Å². The maximum absolute atomic E-state index is 14.1. The molecule has 1 aromatic carbocycles. The number of amides is 1. The fourth-order valence-electron chi connectivity index (χ4n) is 2.73. The van der Waals surface area contributed by atoms with E-state index in [2.05, 4.69) is 0 Å². The third-order valence-corrected chi connectivity index (χ3v) is 6.47. The smallest absolute Gasteiger partial charge is 0.260 e. The first-order chi connectivity index (χ1) is 11.4. The number of carbonyl (C=O) groups is 1. The van der Waals surface area contributed by atoms with Gasteiger partial charge in [0.05, 0.1) is 18.0 Å². The molecule has 25 heavy (non-hydrogen) atoms. The number of halogens is 2. The van der Waals surface area contributed by atoms with Crippen LogP contribution in [0, 0.1) is 5.41 Å². The van der Waals surface area contributed by atoms with Crippen molar-refractivity contribution in [2.24, 2.45) is 11.1 Å². The second-order valence-electron chi connectivity index (χ2n) is 6.71. The van der Waals surface area contributed by atoms with Crippen molar-refractivity contribution in [2.45, 2.75) is 39.2 Å². The summed E-state index contributed by atoms with van der Waals surface area (Å²) in [6, 6.07) is 6.21. The highest BCUT2D eigenvalue weighted by atomic mass is 32.2. The number of rotatable bonds is 6. The van der Waals surface area contributed by atoms with E-state index in [0.29, 0.717) is 0 Å². The topological polar surface area (TPSA) is 89.7 Å². The van der Waals surface area contributed by atoms with Crippen molar-refractivity contribution in [3.05, 3.63) is 24.3 Å². The van der Waals surface area contributed by atoms with Gasteiger partial charge in [-0.05, 0) is 12.1 Å². The predicted octanol–water partition coefficient (Wildman–Crippen LogP) is 2.14. The molecule has 1 unspecified atom stereocenters. The molecule has 9 heteroatoms. The first-order valence-corrected chi connectivity index (χ1v) is 9.45. The Morgan fingerprint density at radius 1 is 1.36 bits per heavy atom. The lowest BCUT2D eigenvalue weighted by molar-refractivity contribution is -0.124. The molecule has 2 N–H and O–H groups in total. The van der Waals surface area contributed by atoms with E-state index in [-0.39, 0.29) is 18.0 Å². The van der Waals surface area contributed by atoms with Crippen molar-refractivity contribution in [1.82, 2.24) is 0 Å². The second-order valence-corrected chi connectivity index (χ2v) is 8.60. The Hall–Kier alpha value is -1.90. The van der Waals surface area contributed by atoms with E-state index in [1.165, 1.54) is 32.9 Å². The van der Waals surface area contributed by atoms with Crippen LogP contribution in [0.3, 0.4) is 0 Å². The molecule has 0 aromatic heterocycles. The van der Waals surface area contributed by atoms with Crippen LogP contribution < -0.4 is 14.8 Å². The zero-order valence-electron chi connectivity index (χ0n) is 14.3. The predicted molar refractivity (Wildman–Crippen MR) is 90.2 cm³/mol. The molecule has 0 fully saturated rings. The summed E-state index contributed by atoms with van der Waals surface area (Å²) in [5.74, 6) is -4.59. The van der Waals surface area contributed by atoms with Crippen LogP contribution >= 0.6 is 0 Å². The van der Waals surface area contributed by atoms with Crippen LogP contribution in [0.25, 0.3) is 0 Å². The maximum Gasteiger partial charge on any atom is 0.260 e. The van der Waals surface area contributed by atoms with Crippen molar-refractivity contribution in [3.8, 4) is 5.75 Å². The number of hydrogen-bond donors (Lipinski definition) is 1. The third-order valence-electron chi connectivity index (χ3n) is 4.37. The molecule has 0 saturated heterocycles. The minimum absolute atomic E-state index is 0.168. The Kier molecular flexibility index (Phi) is 5.00. The van der Waals surface area contributed by atoms with Gasteiger partial charge in [0, 0.05) is 11.8 Å². The van der Waals surface area contributed by atoms with Gasteiger partial charge in [0.1, 0.15) is 5.75 Å². The molecule has 0 saturated carbocycles. The molecule has 1 aromatic rings. The van der Waals surface area contributed by atoms with Gasteiger partial charge in [0.25, 0.3) is 11.8 Å². The molecule has 0 aliphatic carbocycles. The summed E-state index contributed by atoms with van der Waals surface area (Å²) in [4.78, 5) is 11.5. The molecular formula is C16H22F2N2O4S. The average Bonchev–Trinajstić information content (AvgIpc) is 2.52. The molecule has 0 spiro atoms. The molecule has 140 valence electrons. The number of carbonyl (C=O) groups excluding carboxylic acids is 1. The van der Waals surface area contributed by atoms with Gasteiger partial charge in [0.2, 0.25) is 10.0 Å². The number of anilines is 1. The van der Waals surface area contributed by atoms with Gasteiger partial charge in [-0.2, -0.15) is 0 Å². The molecule has 1 heterocycles. The van der Waals surface area contributed by atoms with Crippen LogP contribution in [0.4, 0.5) is 14.5 Å². The first-order valence-electron chi connectivity index (χ1n) is 7.84. The van der Waals surface area contributed by atoms with Crippen LogP contribution in [0.5, 0.6) is 5.75 Å². The average molecular weight is 376 g/mol. The lowest BCUT2D eigenvalue weighted by Gasteiger charge is -2.38. The Bertz CT molecular complexity index is 765. The number of alkyl halides is 2. The number of nitrogens with zero attached hydrogens (tertiary/aromatic N) is 1. The highest BCUT2D eigenvalue weighted by Gasteiger charge is 2.49. The number of ether oxygens (including phenoxy) is 1. The number of nitrogens with two attached hydrogens (primary N) is 1. The van der Waals surface area contributed by atoms with Gasteiger partial charge < -0.3 is 10.5 Å². The number of fused-ring (bicyclic) bond motifs is 1. The number of para-hydroxylation sites is 2. The van der Waals surface area contributed by atoms with Gasteiger partial charge in [-0.15, -0.1) is 0 Å². The van der Waals surface area contributed by atoms with Crippen molar-refractivity contribution >= 4 is 21.6 Å². The number of benzene rings is 1. The highest BCUT2D eigenvalue weighted by Crippen LogP contribution is 2.42. The SMILES string of the molecule is CCC(F)(F)C(C)(C)CS(=O)(=O)N1CC(C(N)=O)Oc2ccccc21. The highest BCUT2D eigenvalue weighted by molar-refractivity contribution is 7.92. The molecular weight excluding hydrogens is 354 g/mol. The van der Waals surface area contributed by atoms with E-state index in [1.807, 2.05) is 0 Å². The van der Waals surface area contributed by atoms with Crippen LogP contribution in [0.15, 0.2) is 24.3 Å². The Morgan fingerprint density at radius 2 is 1.96 bits per heavy atom. The second kappa shape index (κ2) is 6.44. The summed E-state index contributed by atoms with van der Waals surface area (Å²) < 4.78 is 60.4. The largest absolute Gasteiger partial charge is 0.476 e. The van der Waals surface area contributed by atoms with E-state index in [1.54, 1.807) is 12.1 Å². The first kappa shape index (κ1) is 19.4. The Balaban J connectivity index is 2.43. The van der Waals surface area contributed by atoms with Gasteiger partial charge in [-0.1, -0.05) is 32.9 Å². The lowest BCUT2D eigenvalue weighted by atomic mass is 9.86. The fourth-order valence-corrected chi connectivity index (χ4v) is 4.82. The van der Waals surface area contributed by atoms with E-state index in [4.69, 9.17) is 10.5 Å². The number of sulfonamides is 1. The Labute approximate surface area is 146 Å². The van der Waals surface area contributed by atoms with E-state index >= 15 is 0 Å². The van der Waals surface area contributed by atoms with E-state index < -0.39 is 45.5 Å². The van der Waals surface area contributed by atoms with E-state index in [0.717, 1.165) is 4.31 Å². The zero-order chi connectivity index (χ0) is 19.0. The molecule has 1 amide bonds. The molecule has 6 nitrogen and oxygen atoms in total. The number of primary amides is 1. The van der Waals surface area contributed by atoms with Gasteiger partial charge in [-0.3, -0.25) is 9.10 Å². The quantitative estimate of drug-likeness (QED) is 0.824. The maximum atomic E-state index is 14.1. The number of hydrogen-bond acceptors (Lipinski definition) is 4. The summed E-state index contributed by atoms with van der Waals surface area (Å²) in [5, 5.41) is 0. The lowest BCUT2D eigenvalue weighted by Crippen LogP contribution is -2.52. The third kappa shape index (κ3) is 3.70. The molecule has 0 radical (unpaired) electrons. The molecule has 1 aliphatic heterocycles. The summed E-state index contributed by atoms with van der Waals surface area (Å²) in [7, 11) is -4.15. The van der Waals surface area contributed by atoms with Crippen LogP contribution in [0.1, 0.15) is 27.2 Å². The normalized spacial score (nSPS) is 18.4. The molecule has 0 bridgehead atoms. The summed E-state index contributed by atoms with van der Waals surface area (Å²) in [6.45, 7) is 3.39. The summed E-state index contributed by atoms with van der Waals surface area (Å²) >= 11 is 0. The van der Waals surface area contributed by atoms with Gasteiger partial charge in [0.15, 0.2) is 6.10 Å². The minimum Gasteiger partial charge on any atom is -0.476 e. The minimum atomic E-state index is -4.15. The van der Waals surface area contributed by atoms with Crippen LogP contribution in [-0.4, -0.2) is 38.6 Å². The van der Waals surface area contributed by atoms with Crippen LogP contribution in [-0.2, 0) is 14.8 Å². The van der Waals surface area contributed by atoms with Crippen molar-refractivity contribution in [2.75, 3.05) is 16.6 Å². The summed E-state index contributed by atoms with van der Waals surface area (Å²) in [6.07, 6.45) is -1.65. The van der Waals surface area contributed by atoms with Crippen molar-refractivity contribution in [1.29, 1.82) is 0 Å². The monoisotopic (exact) mass is 376 g/mol. The van der Waals surface area contributed by atoms with Crippen molar-refractivity contribution in [3.63, 3.8) is 0 Å².